The molecule has 0 aliphatic carbocycles. The van der Waals surface area contributed by atoms with Crippen molar-refractivity contribution >= 4 is 19.4 Å². The average Bonchev–Trinajstić information content (AvgIpc) is 2.03. The second kappa shape index (κ2) is 6.98. The van der Waals surface area contributed by atoms with Gasteiger partial charge in [0.15, 0.2) is 0 Å². The highest BCUT2D eigenvalue weighted by atomic mass is 35.5. The Hall–Kier alpha value is -0.380. The summed E-state index contributed by atoms with van der Waals surface area (Å²) in [6, 6.07) is 10.2. The number of halogens is 1. The van der Waals surface area contributed by atoms with Gasteiger partial charge >= 0.3 is 7.82 Å². The topological polar surface area (TPSA) is 77.8 Å². The van der Waals surface area contributed by atoms with Crippen LogP contribution in [0.15, 0.2) is 30.3 Å². The maximum Gasteiger partial charge on any atom is 0.466 e. The quantitative estimate of drug-likeness (QED) is 0.540. The average molecular weight is 239 g/mol. The molecular formula is C8H12ClO4P. The highest BCUT2D eigenvalue weighted by Gasteiger charge is 2.00. The van der Waals surface area contributed by atoms with Gasteiger partial charge in [0.25, 0.3) is 0 Å². The number of hydrogen-bond donors (Lipinski definition) is 3. The molecule has 1 aromatic carbocycles. The van der Waals surface area contributed by atoms with Crippen molar-refractivity contribution in [1.29, 1.82) is 0 Å². The maximum absolute atomic E-state index is 8.88. The zero-order chi connectivity index (χ0) is 11.0. The molecule has 4 nitrogen and oxygen atoms in total. The monoisotopic (exact) mass is 238 g/mol. The van der Waals surface area contributed by atoms with Gasteiger partial charge in [-0.2, -0.15) is 0 Å². The first-order valence-corrected chi connectivity index (χ1v) is 5.91. The van der Waals surface area contributed by atoms with Crippen molar-refractivity contribution in [2.75, 3.05) is 5.88 Å². The van der Waals surface area contributed by atoms with Crippen molar-refractivity contribution in [3.8, 4) is 0 Å². The van der Waals surface area contributed by atoms with E-state index in [0.29, 0.717) is 5.88 Å². The van der Waals surface area contributed by atoms with Crippen LogP contribution in [-0.4, -0.2) is 20.6 Å². The van der Waals surface area contributed by atoms with Crippen LogP contribution < -0.4 is 0 Å². The van der Waals surface area contributed by atoms with E-state index in [1.807, 2.05) is 18.2 Å². The highest BCUT2D eigenvalue weighted by Crippen LogP contribution is 2.25. The normalized spacial score (nSPS) is 10.3. The molecule has 0 saturated heterocycles. The van der Waals surface area contributed by atoms with Crippen LogP contribution in [-0.2, 0) is 11.0 Å². The molecule has 1 rings (SSSR count). The van der Waals surface area contributed by atoms with E-state index in [0.717, 1.165) is 6.42 Å². The summed E-state index contributed by atoms with van der Waals surface area (Å²) in [5.41, 5.74) is 1.31. The van der Waals surface area contributed by atoms with E-state index >= 15 is 0 Å². The van der Waals surface area contributed by atoms with Gasteiger partial charge < -0.3 is 14.7 Å². The molecule has 0 heterocycles. The van der Waals surface area contributed by atoms with Gasteiger partial charge in [0, 0.05) is 5.88 Å². The fourth-order valence-electron chi connectivity index (χ4n) is 0.754. The minimum Gasteiger partial charge on any atom is -0.303 e. The van der Waals surface area contributed by atoms with Crippen LogP contribution >= 0.6 is 19.4 Å². The molecule has 0 unspecified atom stereocenters. The molecule has 0 fully saturated rings. The van der Waals surface area contributed by atoms with E-state index in [-0.39, 0.29) is 0 Å². The lowest BCUT2D eigenvalue weighted by Gasteiger charge is -1.92. The Balaban J connectivity index is 0.000000292. The lowest BCUT2D eigenvalue weighted by Crippen LogP contribution is -1.82. The predicted octanol–water partition coefficient (Wildman–Crippen LogP) is 1.54. The molecular weight excluding hydrogens is 227 g/mol. The van der Waals surface area contributed by atoms with E-state index in [4.69, 9.17) is 30.8 Å². The van der Waals surface area contributed by atoms with Gasteiger partial charge in [-0.1, -0.05) is 30.3 Å². The van der Waals surface area contributed by atoms with Gasteiger partial charge in [0.2, 0.25) is 0 Å². The van der Waals surface area contributed by atoms with Crippen molar-refractivity contribution in [3.63, 3.8) is 0 Å². The third-order valence-corrected chi connectivity index (χ3v) is 1.41. The van der Waals surface area contributed by atoms with Crippen LogP contribution in [0.1, 0.15) is 5.56 Å². The van der Waals surface area contributed by atoms with Crippen LogP contribution in [0.3, 0.4) is 0 Å². The fraction of sp³-hybridized carbons (Fsp3) is 0.250. The zero-order valence-corrected chi connectivity index (χ0v) is 9.03. The maximum atomic E-state index is 8.88. The molecule has 0 amide bonds. The molecule has 0 spiro atoms. The Morgan fingerprint density at radius 1 is 1.14 bits per heavy atom. The third kappa shape index (κ3) is 11.6. The standard InChI is InChI=1S/C8H9Cl.H3O4P/c9-7-6-8-4-2-1-3-5-8;1-5(2,3)4/h1-5H,6-7H2;(H3,1,2,3,4). The van der Waals surface area contributed by atoms with E-state index in [2.05, 4.69) is 12.1 Å². The van der Waals surface area contributed by atoms with Gasteiger partial charge in [-0.3, -0.25) is 0 Å². The smallest absolute Gasteiger partial charge is 0.303 e. The molecule has 14 heavy (non-hydrogen) atoms. The summed E-state index contributed by atoms with van der Waals surface area (Å²) in [6.45, 7) is 0. The van der Waals surface area contributed by atoms with E-state index in [1.54, 1.807) is 0 Å². The lowest BCUT2D eigenvalue weighted by atomic mass is 10.2. The number of alkyl halides is 1. The van der Waals surface area contributed by atoms with Crippen molar-refractivity contribution in [1.82, 2.24) is 0 Å². The van der Waals surface area contributed by atoms with Crippen LogP contribution in [0, 0.1) is 0 Å². The van der Waals surface area contributed by atoms with Gasteiger partial charge in [0.1, 0.15) is 0 Å². The molecule has 0 aromatic heterocycles. The summed E-state index contributed by atoms with van der Waals surface area (Å²) in [5.74, 6) is 0.712. The first kappa shape index (κ1) is 13.6. The second-order valence-corrected chi connectivity index (χ2v) is 3.84. The molecule has 1 aromatic rings. The minimum absolute atomic E-state index is 0.712. The molecule has 0 atom stereocenters. The summed E-state index contributed by atoms with van der Waals surface area (Å²) in [5, 5.41) is 0. The van der Waals surface area contributed by atoms with E-state index in [9.17, 15) is 0 Å². The summed E-state index contributed by atoms with van der Waals surface area (Å²) < 4.78 is 8.88. The molecule has 0 radical (unpaired) electrons. The number of benzene rings is 1. The zero-order valence-electron chi connectivity index (χ0n) is 7.38. The molecule has 3 N–H and O–H groups in total. The van der Waals surface area contributed by atoms with Gasteiger partial charge in [-0.05, 0) is 12.0 Å². The molecule has 0 aliphatic rings. The van der Waals surface area contributed by atoms with Crippen LogP contribution in [0.25, 0.3) is 0 Å². The molecule has 80 valence electrons. The summed E-state index contributed by atoms with van der Waals surface area (Å²) in [7, 11) is -4.64. The van der Waals surface area contributed by atoms with Crippen molar-refractivity contribution < 1.29 is 19.2 Å². The lowest BCUT2D eigenvalue weighted by molar-refractivity contribution is 0.275. The molecule has 6 heteroatoms. The number of phosphoric acid groups is 1. The largest absolute Gasteiger partial charge is 0.466 e. The third-order valence-electron chi connectivity index (χ3n) is 1.23. The SMILES string of the molecule is ClCCc1ccccc1.O=P(O)(O)O. The van der Waals surface area contributed by atoms with Crippen LogP contribution in [0.2, 0.25) is 0 Å². The molecule has 0 saturated carbocycles. The molecule has 0 aliphatic heterocycles. The Labute approximate surface area is 87.4 Å². The highest BCUT2D eigenvalue weighted by molar-refractivity contribution is 7.45. The number of aryl methyl sites for hydroxylation is 1. The van der Waals surface area contributed by atoms with Gasteiger partial charge in [-0.25, -0.2) is 4.57 Å². The summed E-state index contributed by atoms with van der Waals surface area (Å²) >= 11 is 5.54. The Morgan fingerprint density at radius 3 is 1.93 bits per heavy atom. The number of rotatable bonds is 2. The fourth-order valence-corrected chi connectivity index (χ4v) is 0.972. The van der Waals surface area contributed by atoms with Crippen molar-refractivity contribution in [3.05, 3.63) is 35.9 Å². The molecule has 0 bridgehead atoms. The number of hydrogen-bond acceptors (Lipinski definition) is 1. The van der Waals surface area contributed by atoms with Gasteiger partial charge in [0.05, 0.1) is 0 Å². The van der Waals surface area contributed by atoms with Crippen molar-refractivity contribution in [2.24, 2.45) is 0 Å². The Morgan fingerprint density at radius 2 is 1.57 bits per heavy atom. The van der Waals surface area contributed by atoms with E-state index in [1.165, 1.54) is 5.56 Å². The Kier molecular flexibility index (Phi) is 6.79. The van der Waals surface area contributed by atoms with Crippen molar-refractivity contribution in [2.45, 2.75) is 6.42 Å². The first-order valence-electron chi connectivity index (χ1n) is 3.81. The summed E-state index contributed by atoms with van der Waals surface area (Å²) in [6.07, 6.45) is 0.975. The van der Waals surface area contributed by atoms with Crippen LogP contribution in [0.5, 0.6) is 0 Å². The predicted molar refractivity (Wildman–Crippen MR) is 55.1 cm³/mol. The second-order valence-electron chi connectivity index (χ2n) is 2.44. The minimum atomic E-state index is -4.64. The summed E-state index contributed by atoms with van der Waals surface area (Å²) in [4.78, 5) is 21.6. The Bertz CT molecular complexity index is 276. The van der Waals surface area contributed by atoms with Crippen LogP contribution in [0.4, 0.5) is 0 Å². The van der Waals surface area contributed by atoms with E-state index < -0.39 is 7.82 Å². The van der Waals surface area contributed by atoms with Gasteiger partial charge in [-0.15, -0.1) is 11.6 Å². The first-order chi connectivity index (χ1) is 6.43.